The molecule has 2 heterocycles. The highest BCUT2D eigenvalue weighted by Crippen LogP contribution is 2.26. The number of aryl methyl sites for hydroxylation is 2. The van der Waals surface area contributed by atoms with Gasteiger partial charge in [-0.25, -0.2) is 14.6 Å². The Morgan fingerprint density at radius 3 is 2.55 bits per heavy atom. The van der Waals surface area contributed by atoms with Crippen molar-refractivity contribution in [3.05, 3.63) is 53.2 Å². The molecule has 216 valence electrons. The lowest BCUT2D eigenvalue weighted by molar-refractivity contribution is -0.124. The van der Waals surface area contributed by atoms with Crippen molar-refractivity contribution in [1.29, 1.82) is 0 Å². The van der Waals surface area contributed by atoms with E-state index in [0.29, 0.717) is 30.3 Å². The van der Waals surface area contributed by atoms with Gasteiger partial charge in [0, 0.05) is 42.3 Å². The lowest BCUT2D eigenvalue weighted by atomic mass is 9.86. The normalized spacial score (nSPS) is 18.9. The summed E-state index contributed by atoms with van der Waals surface area (Å²) in [5, 5.41) is 19.7. The first-order chi connectivity index (χ1) is 19.0. The molecule has 0 saturated heterocycles. The summed E-state index contributed by atoms with van der Waals surface area (Å²) < 4.78 is 2.03. The van der Waals surface area contributed by atoms with Gasteiger partial charge in [-0.2, -0.15) is 0 Å². The fourth-order valence-corrected chi connectivity index (χ4v) is 5.76. The minimum absolute atomic E-state index is 0.0787. The van der Waals surface area contributed by atoms with E-state index in [1.807, 2.05) is 55.9 Å². The molecule has 0 radical (unpaired) electrons. The maximum Gasteiger partial charge on any atom is 0.356 e. The number of nitrogens with zero attached hydrogens (tertiary/aromatic N) is 2. The van der Waals surface area contributed by atoms with Gasteiger partial charge in [0.2, 0.25) is 5.91 Å². The summed E-state index contributed by atoms with van der Waals surface area (Å²) >= 11 is 0. The van der Waals surface area contributed by atoms with Crippen LogP contribution in [0.25, 0.3) is 10.9 Å². The highest BCUT2D eigenvalue weighted by molar-refractivity contribution is 5.88. The number of aromatic nitrogens is 3. The fourth-order valence-electron chi connectivity index (χ4n) is 5.76. The van der Waals surface area contributed by atoms with Crippen molar-refractivity contribution < 1.29 is 19.5 Å². The van der Waals surface area contributed by atoms with Crippen molar-refractivity contribution in [1.82, 2.24) is 30.5 Å². The van der Waals surface area contributed by atoms with E-state index in [1.165, 1.54) is 6.42 Å². The molecule has 0 bridgehead atoms. The van der Waals surface area contributed by atoms with Gasteiger partial charge in [-0.1, -0.05) is 51.8 Å². The van der Waals surface area contributed by atoms with Crippen molar-refractivity contribution in [2.75, 3.05) is 0 Å². The van der Waals surface area contributed by atoms with Crippen LogP contribution in [0.4, 0.5) is 4.79 Å². The van der Waals surface area contributed by atoms with Crippen LogP contribution in [0.1, 0.15) is 86.5 Å². The zero-order valence-electron chi connectivity index (χ0n) is 24.1. The number of carboxylic acids is 1. The molecule has 3 amide bonds. The van der Waals surface area contributed by atoms with Crippen LogP contribution in [0, 0.1) is 18.8 Å². The summed E-state index contributed by atoms with van der Waals surface area (Å²) in [6.07, 6.45) is 7.14. The number of fused-ring (bicyclic) bond motifs is 1. The lowest BCUT2D eigenvalue weighted by Crippen LogP contribution is -2.54. The van der Waals surface area contributed by atoms with Gasteiger partial charge in [0.1, 0.15) is 11.9 Å². The van der Waals surface area contributed by atoms with Gasteiger partial charge < -0.3 is 30.6 Å². The summed E-state index contributed by atoms with van der Waals surface area (Å²) in [5.74, 6) is -0.557. The highest BCUT2D eigenvalue weighted by Gasteiger charge is 2.30. The Kier molecular flexibility index (Phi) is 9.17. The van der Waals surface area contributed by atoms with Gasteiger partial charge in [-0.3, -0.25) is 4.79 Å². The standard InChI is InChI=1S/C30H42N6O4/c1-17(2)14-24(34-30(40)33-22-12-8-6-10-18(22)3)28(37)32-23(27-31-19(4)26(35-27)29(38)39)15-20-16-36(5)25-13-9-7-11-21(20)25/h7,9,11,13,16-18,22-24H,6,8,10,12,14-15H2,1-5H3,(H,31,35)(H,32,37)(H,38,39)(H2,33,34,40)/t18?,22-,23+,24-/m0/s1. The number of nitrogens with one attached hydrogen (secondary N) is 4. The van der Waals surface area contributed by atoms with Crippen LogP contribution in [0.2, 0.25) is 0 Å². The topological polar surface area (TPSA) is 141 Å². The van der Waals surface area contributed by atoms with Gasteiger partial charge in [0.05, 0.1) is 6.04 Å². The molecule has 10 nitrogen and oxygen atoms in total. The Balaban J connectivity index is 1.58. The molecule has 1 aliphatic carbocycles. The number of H-pyrrole nitrogens is 1. The number of amides is 3. The van der Waals surface area contributed by atoms with E-state index in [1.54, 1.807) is 6.92 Å². The summed E-state index contributed by atoms with van der Waals surface area (Å²) in [6.45, 7) is 7.81. The van der Waals surface area contributed by atoms with E-state index < -0.39 is 18.1 Å². The molecule has 2 aromatic heterocycles. The van der Waals surface area contributed by atoms with Gasteiger partial charge in [0.25, 0.3) is 0 Å². The first kappa shape index (κ1) is 29.2. The Bertz CT molecular complexity index is 1360. The summed E-state index contributed by atoms with van der Waals surface area (Å²) in [4.78, 5) is 45.8. The highest BCUT2D eigenvalue weighted by atomic mass is 16.4. The molecule has 1 unspecified atom stereocenters. The Morgan fingerprint density at radius 2 is 1.88 bits per heavy atom. The zero-order valence-corrected chi connectivity index (χ0v) is 24.1. The van der Waals surface area contributed by atoms with Gasteiger partial charge >= 0.3 is 12.0 Å². The number of benzene rings is 1. The summed E-state index contributed by atoms with van der Waals surface area (Å²) in [6, 6.07) is 6.35. The van der Waals surface area contributed by atoms with Crippen LogP contribution in [-0.4, -0.2) is 49.6 Å². The number of hydrogen-bond donors (Lipinski definition) is 5. The SMILES string of the molecule is Cc1[nH]c([C@@H](Cc2cn(C)c3ccccc23)NC(=O)[C@H](CC(C)C)NC(=O)N[C@H]2CCCCC2C)nc1C(=O)O. The Hall–Kier alpha value is -3.82. The van der Waals surface area contributed by atoms with E-state index >= 15 is 0 Å². The number of aromatic carboxylic acids is 1. The second-order valence-corrected chi connectivity index (χ2v) is 11.6. The molecule has 1 saturated carbocycles. The number of urea groups is 1. The predicted molar refractivity (Wildman–Crippen MR) is 154 cm³/mol. The third kappa shape index (κ3) is 6.84. The van der Waals surface area contributed by atoms with Crippen molar-refractivity contribution in [2.24, 2.45) is 18.9 Å². The Labute approximate surface area is 235 Å². The number of hydrogen-bond acceptors (Lipinski definition) is 4. The number of carboxylic acid groups (broad SMARTS) is 1. The monoisotopic (exact) mass is 550 g/mol. The molecule has 0 spiro atoms. The van der Waals surface area contributed by atoms with Gasteiger partial charge in [-0.15, -0.1) is 0 Å². The van der Waals surface area contributed by atoms with Crippen LogP contribution in [-0.2, 0) is 18.3 Å². The average Bonchev–Trinajstić information content (AvgIpc) is 3.44. The van der Waals surface area contributed by atoms with Crippen molar-refractivity contribution in [3.8, 4) is 0 Å². The molecule has 3 aromatic rings. The van der Waals surface area contributed by atoms with Crippen LogP contribution in [0.15, 0.2) is 30.5 Å². The van der Waals surface area contributed by atoms with Crippen molar-refractivity contribution in [3.63, 3.8) is 0 Å². The number of para-hydroxylation sites is 1. The van der Waals surface area contributed by atoms with Crippen LogP contribution < -0.4 is 16.0 Å². The van der Waals surface area contributed by atoms with E-state index in [0.717, 1.165) is 35.7 Å². The first-order valence-electron chi connectivity index (χ1n) is 14.2. The summed E-state index contributed by atoms with van der Waals surface area (Å²) in [7, 11) is 1.97. The molecule has 10 heteroatoms. The smallest absolute Gasteiger partial charge is 0.356 e. The maximum absolute atomic E-state index is 13.7. The second kappa shape index (κ2) is 12.6. The molecular formula is C30H42N6O4. The molecular weight excluding hydrogens is 508 g/mol. The number of carbonyl (C=O) groups excluding carboxylic acids is 2. The quantitative estimate of drug-likeness (QED) is 0.251. The number of rotatable bonds is 10. The van der Waals surface area contributed by atoms with E-state index in [4.69, 9.17) is 0 Å². The minimum Gasteiger partial charge on any atom is -0.476 e. The van der Waals surface area contributed by atoms with Crippen LogP contribution in [0.5, 0.6) is 0 Å². The molecule has 4 atom stereocenters. The van der Waals surface area contributed by atoms with Gasteiger partial charge in [-0.05, 0) is 49.7 Å². The van der Waals surface area contributed by atoms with E-state index in [2.05, 4.69) is 32.8 Å². The maximum atomic E-state index is 13.7. The van der Waals surface area contributed by atoms with E-state index in [-0.39, 0.29) is 29.6 Å². The average molecular weight is 551 g/mol. The minimum atomic E-state index is -1.14. The number of aromatic amines is 1. The first-order valence-corrected chi connectivity index (χ1v) is 14.2. The largest absolute Gasteiger partial charge is 0.476 e. The second-order valence-electron chi connectivity index (χ2n) is 11.6. The Morgan fingerprint density at radius 1 is 1.15 bits per heavy atom. The molecule has 1 aliphatic rings. The molecule has 0 aliphatic heterocycles. The zero-order chi connectivity index (χ0) is 29.0. The summed E-state index contributed by atoms with van der Waals surface area (Å²) in [5.41, 5.74) is 2.38. The van der Waals surface area contributed by atoms with Crippen molar-refractivity contribution in [2.45, 2.75) is 84.3 Å². The third-order valence-corrected chi connectivity index (χ3v) is 7.91. The predicted octanol–water partition coefficient (Wildman–Crippen LogP) is 4.60. The molecule has 40 heavy (non-hydrogen) atoms. The van der Waals surface area contributed by atoms with Crippen LogP contribution in [0.3, 0.4) is 0 Å². The lowest BCUT2D eigenvalue weighted by Gasteiger charge is -2.30. The van der Waals surface area contributed by atoms with Crippen LogP contribution >= 0.6 is 0 Å². The molecule has 4 rings (SSSR count). The third-order valence-electron chi connectivity index (χ3n) is 7.91. The van der Waals surface area contributed by atoms with Crippen molar-refractivity contribution >= 4 is 28.8 Å². The fraction of sp³-hybridized carbons (Fsp3) is 0.533. The number of imidazole rings is 1. The van der Waals surface area contributed by atoms with E-state index in [9.17, 15) is 19.5 Å². The molecule has 1 aromatic carbocycles. The number of carbonyl (C=O) groups is 3. The van der Waals surface area contributed by atoms with Gasteiger partial charge in [0.15, 0.2) is 5.69 Å². The molecule has 1 fully saturated rings. The molecule has 5 N–H and O–H groups in total.